The second-order valence-electron chi connectivity index (χ2n) is 3.80. The van der Waals surface area contributed by atoms with E-state index in [1.54, 1.807) is 13.2 Å². The van der Waals surface area contributed by atoms with Crippen molar-refractivity contribution in [1.82, 2.24) is 9.97 Å². The van der Waals surface area contributed by atoms with Crippen LogP contribution in [0.5, 0.6) is 0 Å². The minimum Gasteiger partial charge on any atom is -0.384 e. The Bertz CT molecular complexity index is 338. The van der Waals surface area contributed by atoms with Gasteiger partial charge in [0.2, 0.25) is 0 Å². The number of ether oxygens (including phenoxy) is 1. The van der Waals surface area contributed by atoms with E-state index >= 15 is 0 Å². The van der Waals surface area contributed by atoms with Gasteiger partial charge in [-0.3, -0.25) is 0 Å². The summed E-state index contributed by atoms with van der Waals surface area (Å²) in [4.78, 5) is 8.39. The topological polar surface area (TPSA) is 73.1 Å². The van der Waals surface area contributed by atoms with Crippen molar-refractivity contribution in [2.24, 2.45) is 0 Å². The van der Waals surface area contributed by atoms with E-state index in [1.165, 1.54) is 19.3 Å². The summed E-state index contributed by atoms with van der Waals surface area (Å²) >= 11 is 0. The molecule has 1 aromatic heterocycles. The molecule has 1 heterocycles. The van der Waals surface area contributed by atoms with Crippen LogP contribution in [0.2, 0.25) is 0 Å². The van der Waals surface area contributed by atoms with Gasteiger partial charge < -0.3 is 15.8 Å². The van der Waals surface area contributed by atoms with Gasteiger partial charge in [0.25, 0.3) is 0 Å². The van der Waals surface area contributed by atoms with E-state index in [4.69, 9.17) is 10.5 Å². The van der Waals surface area contributed by atoms with E-state index in [2.05, 4.69) is 15.3 Å². The van der Waals surface area contributed by atoms with Crippen LogP contribution in [-0.4, -0.2) is 23.1 Å². The first kappa shape index (κ1) is 10.2. The fourth-order valence-corrected chi connectivity index (χ4v) is 1.55. The molecule has 3 N–H and O–H groups in total. The SMILES string of the molecule is COCc1nc(N)cc(NC2CCC2)n1. The Morgan fingerprint density at radius 1 is 1.53 bits per heavy atom. The van der Waals surface area contributed by atoms with Gasteiger partial charge in [0.05, 0.1) is 0 Å². The first-order chi connectivity index (χ1) is 7.28. The largest absolute Gasteiger partial charge is 0.384 e. The van der Waals surface area contributed by atoms with E-state index in [9.17, 15) is 0 Å². The smallest absolute Gasteiger partial charge is 0.158 e. The first-order valence-electron chi connectivity index (χ1n) is 5.17. The maximum Gasteiger partial charge on any atom is 0.158 e. The van der Waals surface area contributed by atoms with Crippen LogP contribution in [0.3, 0.4) is 0 Å². The Balaban J connectivity index is 2.07. The summed E-state index contributed by atoms with van der Waals surface area (Å²) in [5.74, 6) is 1.91. The van der Waals surface area contributed by atoms with Gasteiger partial charge in [-0.15, -0.1) is 0 Å². The number of methoxy groups -OCH3 is 1. The lowest BCUT2D eigenvalue weighted by atomic mass is 9.93. The average molecular weight is 208 g/mol. The van der Waals surface area contributed by atoms with Crippen LogP contribution < -0.4 is 11.1 Å². The molecular weight excluding hydrogens is 192 g/mol. The third-order valence-electron chi connectivity index (χ3n) is 2.52. The van der Waals surface area contributed by atoms with Gasteiger partial charge in [-0.25, -0.2) is 9.97 Å². The molecule has 0 saturated heterocycles. The molecule has 0 bridgehead atoms. The summed E-state index contributed by atoms with van der Waals surface area (Å²) in [6.45, 7) is 0.393. The first-order valence-corrected chi connectivity index (χ1v) is 5.17. The molecule has 1 aliphatic carbocycles. The lowest BCUT2D eigenvalue weighted by molar-refractivity contribution is 0.178. The number of rotatable bonds is 4. The predicted octanol–water partition coefficient (Wildman–Crippen LogP) is 1.17. The monoisotopic (exact) mass is 208 g/mol. The van der Waals surface area contributed by atoms with Gasteiger partial charge in [-0.2, -0.15) is 0 Å². The zero-order valence-corrected chi connectivity index (χ0v) is 8.86. The second kappa shape index (κ2) is 4.44. The van der Waals surface area contributed by atoms with Crippen LogP contribution in [-0.2, 0) is 11.3 Å². The van der Waals surface area contributed by atoms with Crippen molar-refractivity contribution >= 4 is 11.6 Å². The second-order valence-corrected chi connectivity index (χ2v) is 3.80. The number of aromatic nitrogens is 2. The highest BCUT2D eigenvalue weighted by Gasteiger charge is 2.17. The molecule has 1 aliphatic rings. The summed E-state index contributed by atoms with van der Waals surface area (Å²) in [7, 11) is 1.62. The van der Waals surface area contributed by atoms with Crippen molar-refractivity contribution in [1.29, 1.82) is 0 Å². The van der Waals surface area contributed by atoms with E-state index in [-0.39, 0.29) is 0 Å². The number of anilines is 2. The minimum atomic E-state index is 0.393. The van der Waals surface area contributed by atoms with E-state index in [1.807, 2.05) is 0 Å². The molecule has 1 fully saturated rings. The molecule has 0 radical (unpaired) electrons. The van der Waals surface area contributed by atoms with Gasteiger partial charge in [0.1, 0.15) is 18.2 Å². The van der Waals surface area contributed by atoms with E-state index in [0.717, 1.165) is 5.82 Å². The van der Waals surface area contributed by atoms with Crippen LogP contribution in [0.15, 0.2) is 6.07 Å². The quantitative estimate of drug-likeness (QED) is 0.777. The Kier molecular flexibility index (Phi) is 3.01. The van der Waals surface area contributed by atoms with Crippen LogP contribution in [0.25, 0.3) is 0 Å². The van der Waals surface area contributed by atoms with Crippen molar-refractivity contribution in [2.45, 2.75) is 31.9 Å². The Morgan fingerprint density at radius 2 is 2.33 bits per heavy atom. The normalized spacial score (nSPS) is 16.1. The highest BCUT2D eigenvalue weighted by atomic mass is 16.5. The highest BCUT2D eigenvalue weighted by molar-refractivity contribution is 5.45. The highest BCUT2D eigenvalue weighted by Crippen LogP contribution is 2.22. The number of nitrogens with two attached hydrogens (primary N) is 1. The summed E-state index contributed by atoms with van der Waals surface area (Å²) < 4.78 is 4.97. The number of hydrogen-bond donors (Lipinski definition) is 2. The third-order valence-corrected chi connectivity index (χ3v) is 2.52. The van der Waals surface area contributed by atoms with Crippen LogP contribution in [0, 0.1) is 0 Å². The molecule has 1 aromatic rings. The van der Waals surface area contributed by atoms with Crippen LogP contribution in [0.1, 0.15) is 25.1 Å². The zero-order valence-electron chi connectivity index (χ0n) is 8.86. The van der Waals surface area contributed by atoms with E-state index < -0.39 is 0 Å². The van der Waals surface area contributed by atoms with Gasteiger partial charge >= 0.3 is 0 Å². The average Bonchev–Trinajstić information content (AvgIpc) is 2.11. The van der Waals surface area contributed by atoms with Crippen molar-refractivity contribution in [3.63, 3.8) is 0 Å². The standard InChI is InChI=1S/C10H16N4O/c1-15-6-10-13-8(11)5-9(14-10)12-7-3-2-4-7/h5,7H,2-4,6H2,1H3,(H3,11,12,13,14). The number of nitrogen functional groups attached to an aromatic ring is 1. The van der Waals surface area contributed by atoms with Gasteiger partial charge in [0, 0.05) is 19.2 Å². The van der Waals surface area contributed by atoms with Gasteiger partial charge in [0.15, 0.2) is 5.82 Å². The Morgan fingerprint density at radius 3 is 2.93 bits per heavy atom. The summed E-state index contributed by atoms with van der Waals surface area (Å²) in [5.41, 5.74) is 5.68. The molecule has 0 aromatic carbocycles. The molecule has 1 saturated carbocycles. The fourth-order valence-electron chi connectivity index (χ4n) is 1.55. The van der Waals surface area contributed by atoms with Crippen LogP contribution in [0.4, 0.5) is 11.6 Å². The molecule has 2 rings (SSSR count). The summed E-state index contributed by atoms with van der Waals surface area (Å²) in [6.07, 6.45) is 3.72. The number of nitrogens with zero attached hydrogens (tertiary/aromatic N) is 2. The molecule has 5 nitrogen and oxygen atoms in total. The number of nitrogens with one attached hydrogen (secondary N) is 1. The molecule has 0 aliphatic heterocycles. The maximum atomic E-state index is 5.68. The molecular formula is C10H16N4O. The lowest BCUT2D eigenvalue weighted by Gasteiger charge is -2.27. The summed E-state index contributed by atoms with van der Waals surface area (Å²) in [6, 6.07) is 2.31. The predicted molar refractivity (Wildman–Crippen MR) is 58.4 cm³/mol. The molecule has 0 spiro atoms. The fraction of sp³-hybridized carbons (Fsp3) is 0.600. The lowest BCUT2D eigenvalue weighted by Crippen LogP contribution is -2.27. The molecule has 0 amide bonds. The Hall–Kier alpha value is -1.36. The minimum absolute atomic E-state index is 0.393. The van der Waals surface area contributed by atoms with Gasteiger partial charge in [-0.1, -0.05) is 0 Å². The van der Waals surface area contributed by atoms with Crippen molar-refractivity contribution in [3.8, 4) is 0 Å². The summed E-state index contributed by atoms with van der Waals surface area (Å²) in [5, 5.41) is 3.33. The van der Waals surface area contributed by atoms with Crippen molar-refractivity contribution in [2.75, 3.05) is 18.2 Å². The Labute approximate surface area is 89.1 Å². The molecule has 0 atom stereocenters. The molecule has 82 valence electrons. The van der Waals surface area contributed by atoms with Crippen molar-refractivity contribution in [3.05, 3.63) is 11.9 Å². The third kappa shape index (κ3) is 2.56. The van der Waals surface area contributed by atoms with Gasteiger partial charge in [-0.05, 0) is 19.3 Å². The molecule has 5 heteroatoms. The molecule has 0 unspecified atom stereocenters. The van der Waals surface area contributed by atoms with Crippen LogP contribution >= 0.6 is 0 Å². The zero-order chi connectivity index (χ0) is 10.7. The number of hydrogen-bond acceptors (Lipinski definition) is 5. The van der Waals surface area contributed by atoms with Crippen molar-refractivity contribution < 1.29 is 4.74 Å². The van der Waals surface area contributed by atoms with E-state index in [0.29, 0.717) is 24.3 Å². The molecule has 15 heavy (non-hydrogen) atoms. The maximum absolute atomic E-state index is 5.68.